The molecule has 5 nitrogen and oxygen atoms in total. The molecule has 1 saturated heterocycles. The van der Waals surface area contributed by atoms with E-state index in [4.69, 9.17) is 0 Å². The Labute approximate surface area is 146 Å². The topological polar surface area (TPSA) is 66.5 Å². The van der Waals surface area contributed by atoms with E-state index in [9.17, 15) is 17.6 Å². The Balaban J connectivity index is 1.79. The molecule has 1 amide bonds. The minimum Gasteiger partial charge on any atom is -0.374 e. The molecular weight excluding hydrogens is 343 g/mol. The summed E-state index contributed by atoms with van der Waals surface area (Å²) in [4.78, 5) is 14.3. The second kappa shape index (κ2) is 7.23. The number of amides is 1. The van der Waals surface area contributed by atoms with Crippen LogP contribution in [0.15, 0.2) is 54.6 Å². The van der Waals surface area contributed by atoms with Gasteiger partial charge in [0.2, 0.25) is 5.91 Å². The van der Waals surface area contributed by atoms with E-state index >= 15 is 0 Å². The van der Waals surface area contributed by atoms with E-state index in [2.05, 4.69) is 5.32 Å². The monoisotopic (exact) mass is 362 g/mol. The molecule has 1 aliphatic rings. The van der Waals surface area contributed by atoms with E-state index < -0.39 is 21.7 Å². The highest BCUT2D eigenvalue weighted by molar-refractivity contribution is 7.91. The number of sulfone groups is 1. The highest BCUT2D eigenvalue weighted by atomic mass is 32.2. The summed E-state index contributed by atoms with van der Waals surface area (Å²) in [5, 5.41) is 2.79. The van der Waals surface area contributed by atoms with E-state index in [1.165, 1.54) is 11.0 Å². The maximum Gasteiger partial charge on any atom is 0.246 e. The summed E-state index contributed by atoms with van der Waals surface area (Å²) in [6.07, 6.45) is 0.405. The molecule has 7 heteroatoms. The summed E-state index contributed by atoms with van der Waals surface area (Å²) in [7, 11) is -3.13. The third-order valence-corrected chi connectivity index (χ3v) is 5.93. The molecular formula is C18H19FN2O3S. The zero-order valence-electron chi connectivity index (χ0n) is 13.6. The van der Waals surface area contributed by atoms with Gasteiger partial charge in [-0.25, -0.2) is 12.8 Å². The summed E-state index contributed by atoms with van der Waals surface area (Å²) in [5.74, 6) is -0.705. The molecule has 1 aliphatic heterocycles. The summed E-state index contributed by atoms with van der Waals surface area (Å²) >= 11 is 0. The summed E-state index contributed by atoms with van der Waals surface area (Å²) < 4.78 is 37.3. The Morgan fingerprint density at radius 2 is 1.80 bits per heavy atom. The average Bonchev–Trinajstić information content (AvgIpc) is 2.95. The number of anilines is 2. The van der Waals surface area contributed by atoms with Crippen molar-refractivity contribution in [2.45, 2.75) is 12.5 Å². The van der Waals surface area contributed by atoms with Gasteiger partial charge in [0, 0.05) is 5.69 Å². The second-order valence-corrected chi connectivity index (χ2v) is 8.22. The molecule has 3 rings (SSSR count). The summed E-state index contributed by atoms with van der Waals surface area (Å²) in [5.41, 5.74) is 0.882. The maximum absolute atomic E-state index is 13.7. The van der Waals surface area contributed by atoms with E-state index in [0.717, 1.165) is 0 Å². The third kappa shape index (κ3) is 4.17. The predicted molar refractivity (Wildman–Crippen MR) is 95.9 cm³/mol. The van der Waals surface area contributed by atoms with E-state index in [1.807, 2.05) is 6.07 Å². The number of nitrogens with zero attached hydrogens (tertiary/aromatic N) is 1. The van der Waals surface area contributed by atoms with Crippen LogP contribution >= 0.6 is 0 Å². The van der Waals surface area contributed by atoms with Crippen LogP contribution in [0.5, 0.6) is 0 Å². The highest BCUT2D eigenvalue weighted by Gasteiger charge is 2.35. The molecule has 25 heavy (non-hydrogen) atoms. The van der Waals surface area contributed by atoms with Crippen LogP contribution < -0.4 is 10.2 Å². The molecule has 0 spiro atoms. The lowest BCUT2D eigenvalue weighted by atomic mass is 10.1. The molecule has 0 saturated carbocycles. The SMILES string of the molecule is O=C(CNc1ccccc1F)N(c1ccccc1)[C@H]1CCS(=O)(=O)C1. The van der Waals surface area contributed by atoms with Crippen molar-refractivity contribution in [2.75, 3.05) is 28.3 Å². The number of halogens is 1. The van der Waals surface area contributed by atoms with Gasteiger partial charge in [0.15, 0.2) is 9.84 Å². The fraction of sp³-hybridized carbons (Fsp3) is 0.278. The molecule has 0 unspecified atom stereocenters. The zero-order valence-corrected chi connectivity index (χ0v) is 14.4. The molecule has 2 aromatic carbocycles. The van der Waals surface area contributed by atoms with Crippen molar-refractivity contribution in [2.24, 2.45) is 0 Å². The van der Waals surface area contributed by atoms with Crippen molar-refractivity contribution in [1.29, 1.82) is 0 Å². The van der Waals surface area contributed by atoms with Crippen molar-refractivity contribution in [3.05, 3.63) is 60.4 Å². The van der Waals surface area contributed by atoms with Crippen molar-refractivity contribution in [3.63, 3.8) is 0 Å². The van der Waals surface area contributed by atoms with E-state index in [0.29, 0.717) is 12.1 Å². The van der Waals surface area contributed by atoms with Crippen molar-refractivity contribution >= 4 is 27.1 Å². The van der Waals surface area contributed by atoms with Gasteiger partial charge in [0.1, 0.15) is 5.82 Å². The molecule has 0 aliphatic carbocycles. The Hall–Kier alpha value is -2.41. The van der Waals surface area contributed by atoms with Crippen LogP contribution in [-0.4, -0.2) is 38.4 Å². The molecule has 0 aromatic heterocycles. The molecule has 1 heterocycles. The first-order valence-corrected chi connectivity index (χ1v) is 9.84. The smallest absolute Gasteiger partial charge is 0.246 e. The minimum atomic E-state index is -3.13. The molecule has 2 aromatic rings. The highest BCUT2D eigenvalue weighted by Crippen LogP contribution is 2.24. The number of benzene rings is 2. The Bertz CT molecular complexity index is 856. The fourth-order valence-corrected chi connectivity index (χ4v) is 4.69. The van der Waals surface area contributed by atoms with Crippen LogP contribution in [0.2, 0.25) is 0 Å². The van der Waals surface area contributed by atoms with Crippen LogP contribution in [-0.2, 0) is 14.6 Å². The number of hydrogen-bond donors (Lipinski definition) is 1. The normalized spacial score (nSPS) is 18.7. The second-order valence-electron chi connectivity index (χ2n) is 5.99. The van der Waals surface area contributed by atoms with E-state index in [1.54, 1.807) is 42.5 Å². The lowest BCUT2D eigenvalue weighted by molar-refractivity contribution is -0.117. The number of rotatable bonds is 5. The van der Waals surface area contributed by atoms with E-state index in [-0.39, 0.29) is 29.6 Å². The number of nitrogens with one attached hydrogen (secondary N) is 1. The van der Waals surface area contributed by atoms with Crippen LogP contribution in [0.1, 0.15) is 6.42 Å². The zero-order chi connectivity index (χ0) is 17.9. The Morgan fingerprint density at radius 1 is 1.12 bits per heavy atom. The molecule has 1 atom stereocenters. The Kier molecular flexibility index (Phi) is 5.03. The van der Waals surface area contributed by atoms with Crippen LogP contribution in [0.3, 0.4) is 0 Å². The lowest BCUT2D eigenvalue weighted by Gasteiger charge is -2.28. The first kappa shape index (κ1) is 17.4. The fourth-order valence-electron chi connectivity index (χ4n) is 2.99. The first-order chi connectivity index (χ1) is 12.0. The molecule has 132 valence electrons. The van der Waals surface area contributed by atoms with Crippen molar-refractivity contribution in [1.82, 2.24) is 0 Å². The number of carbonyl (C=O) groups is 1. The molecule has 1 N–H and O–H groups in total. The molecule has 0 bridgehead atoms. The minimum absolute atomic E-state index is 0.0483. The standard InChI is InChI=1S/C18H19FN2O3S/c19-16-8-4-5-9-17(16)20-12-18(22)21(14-6-2-1-3-7-14)15-10-11-25(23,24)13-15/h1-9,15,20H,10-13H2/t15-/m0/s1. The van der Waals surface area contributed by atoms with Gasteiger partial charge in [-0.3, -0.25) is 4.79 Å². The van der Waals surface area contributed by atoms with Gasteiger partial charge in [-0.15, -0.1) is 0 Å². The van der Waals surface area contributed by atoms with Crippen LogP contribution in [0, 0.1) is 5.82 Å². The quantitative estimate of drug-likeness (QED) is 0.887. The third-order valence-electron chi connectivity index (χ3n) is 4.18. The Morgan fingerprint density at radius 3 is 2.44 bits per heavy atom. The maximum atomic E-state index is 13.7. The average molecular weight is 362 g/mol. The predicted octanol–water partition coefficient (Wildman–Crippen LogP) is 2.46. The van der Waals surface area contributed by atoms with Gasteiger partial charge in [0.25, 0.3) is 0 Å². The molecule has 0 radical (unpaired) electrons. The van der Waals surface area contributed by atoms with Crippen LogP contribution in [0.4, 0.5) is 15.8 Å². The first-order valence-electron chi connectivity index (χ1n) is 8.02. The van der Waals surface area contributed by atoms with Crippen LogP contribution in [0.25, 0.3) is 0 Å². The molecule has 1 fully saturated rings. The lowest BCUT2D eigenvalue weighted by Crippen LogP contribution is -2.44. The van der Waals surface area contributed by atoms with Gasteiger partial charge in [-0.1, -0.05) is 30.3 Å². The van der Waals surface area contributed by atoms with Gasteiger partial charge < -0.3 is 10.2 Å². The van der Waals surface area contributed by atoms with Crippen molar-refractivity contribution < 1.29 is 17.6 Å². The largest absolute Gasteiger partial charge is 0.374 e. The number of hydrogen-bond acceptors (Lipinski definition) is 4. The van der Waals surface area contributed by atoms with Gasteiger partial charge >= 0.3 is 0 Å². The van der Waals surface area contributed by atoms with Crippen molar-refractivity contribution in [3.8, 4) is 0 Å². The van der Waals surface area contributed by atoms with Gasteiger partial charge in [-0.2, -0.15) is 0 Å². The summed E-state index contributed by atoms with van der Waals surface area (Å²) in [6, 6.07) is 14.7. The van der Waals surface area contributed by atoms with Gasteiger partial charge in [0.05, 0.1) is 29.8 Å². The number of para-hydroxylation sites is 2. The summed E-state index contributed by atoms with van der Waals surface area (Å²) in [6.45, 7) is -0.119. The van der Waals surface area contributed by atoms with Gasteiger partial charge in [-0.05, 0) is 30.7 Å². The number of carbonyl (C=O) groups excluding carboxylic acids is 1.